The molecule has 31 heavy (non-hydrogen) atoms. The molecule has 0 bridgehead atoms. The highest BCUT2D eigenvalue weighted by Gasteiger charge is 2.22. The van der Waals surface area contributed by atoms with Gasteiger partial charge in [-0.2, -0.15) is 5.10 Å². The van der Waals surface area contributed by atoms with Crippen LogP contribution in [0.4, 0.5) is 15.8 Å². The molecular weight excluding hydrogens is 399 g/mol. The number of rotatable bonds is 6. The number of halogens is 1. The number of nitrogens with one attached hydrogen (secondary N) is 2. The molecule has 3 rings (SSSR count). The number of nitrogens with zero attached hydrogens (tertiary/aromatic N) is 2. The SMILES string of the molecule is CC(C)C(=O)Nc1cc(-c2ccccc2)nn(C(C)C(=O)Nc2ccc(F)cc2)c1=O. The fraction of sp³-hybridized carbons (Fsp3) is 0.217. The minimum atomic E-state index is -0.990. The maximum Gasteiger partial charge on any atom is 0.291 e. The van der Waals surface area contributed by atoms with Gasteiger partial charge in [-0.05, 0) is 37.3 Å². The van der Waals surface area contributed by atoms with E-state index >= 15 is 0 Å². The number of hydrogen-bond acceptors (Lipinski definition) is 4. The first-order valence-corrected chi connectivity index (χ1v) is 9.83. The van der Waals surface area contributed by atoms with E-state index in [4.69, 9.17) is 0 Å². The molecule has 3 aromatic rings. The van der Waals surface area contributed by atoms with E-state index in [1.165, 1.54) is 37.3 Å². The van der Waals surface area contributed by atoms with E-state index < -0.39 is 23.3 Å². The zero-order chi connectivity index (χ0) is 22.5. The lowest BCUT2D eigenvalue weighted by Gasteiger charge is -2.17. The summed E-state index contributed by atoms with van der Waals surface area (Å²) in [6, 6.07) is 14.9. The Morgan fingerprint density at radius 2 is 1.58 bits per heavy atom. The van der Waals surface area contributed by atoms with Crippen molar-refractivity contribution in [3.8, 4) is 11.3 Å². The van der Waals surface area contributed by atoms with Crippen LogP contribution in [-0.4, -0.2) is 21.6 Å². The molecule has 1 heterocycles. The first-order valence-electron chi connectivity index (χ1n) is 9.83. The summed E-state index contributed by atoms with van der Waals surface area (Å²) in [4.78, 5) is 38.0. The molecular formula is C23H23FN4O3. The zero-order valence-electron chi connectivity index (χ0n) is 17.4. The van der Waals surface area contributed by atoms with Crippen LogP contribution in [0.2, 0.25) is 0 Å². The fourth-order valence-corrected chi connectivity index (χ4v) is 2.78. The Bertz CT molecular complexity index is 1140. The van der Waals surface area contributed by atoms with Crippen molar-refractivity contribution in [3.63, 3.8) is 0 Å². The van der Waals surface area contributed by atoms with Crippen molar-refractivity contribution in [2.24, 2.45) is 5.92 Å². The Morgan fingerprint density at radius 3 is 2.19 bits per heavy atom. The smallest absolute Gasteiger partial charge is 0.291 e. The third kappa shape index (κ3) is 5.22. The van der Waals surface area contributed by atoms with Gasteiger partial charge in [0.2, 0.25) is 11.8 Å². The monoisotopic (exact) mass is 422 g/mol. The molecule has 0 saturated carbocycles. The van der Waals surface area contributed by atoms with E-state index in [1.54, 1.807) is 13.8 Å². The second-order valence-corrected chi connectivity index (χ2v) is 7.38. The lowest BCUT2D eigenvalue weighted by Crippen LogP contribution is -2.36. The standard InChI is InChI=1S/C23H23FN4O3/c1-14(2)21(29)26-20-13-19(16-7-5-4-6-8-16)27-28(23(20)31)15(3)22(30)25-18-11-9-17(24)10-12-18/h4-15H,1-3H3,(H,25,30)(H,26,29). The molecule has 2 aromatic carbocycles. The van der Waals surface area contributed by atoms with Crippen LogP contribution in [-0.2, 0) is 9.59 Å². The molecule has 0 aliphatic rings. The highest BCUT2D eigenvalue weighted by Crippen LogP contribution is 2.20. The number of carbonyl (C=O) groups is 2. The topological polar surface area (TPSA) is 93.1 Å². The molecule has 1 atom stereocenters. The van der Waals surface area contributed by atoms with Crippen molar-refractivity contribution < 1.29 is 14.0 Å². The normalized spacial score (nSPS) is 11.8. The van der Waals surface area contributed by atoms with E-state index in [-0.39, 0.29) is 17.5 Å². The van der Waals surface area contributed by atoms with Gasteiger partial charge >= 0.3 is 0 Å². The number of carbonyl (C=O) groups excluding carboxylic acids is 2. The first kappa shape index (κ1) is 21.9. The van der Waals surface area contributed by atoms with Gasteiger partial charge in [-0.1, -0.05) is 44.2 Å². The van der Waals surface area contributed by atoms with Gasteiger partial charge in [0.05, 0.1) is 5.69 Å². The van der Waals surface area contributed by atoms with Crippen LogP contribution in [0.5, 0.6) is 0 Å². The van der Waals surface area contributed by atoms with Crippen LogP contribution in [0.15, 0.2) is 65.5 Å². The van der Waals surface area contributed by atoms with Gasteiger partial charge in [-0.3, -0.25) is 14.4 Å². The molecule has 1 unspecified atom stereocenters. The molecule has 0 saturated heterocycles. The van der Waals surface area contributed by atoms with Gasteiger partial charge in [-0.25, -0.2) is 9.07 Å². The molecule has 2 amide bonds. The van der Waals surface area contributed by atoms with Crippen molar-refractivity contribution in [2.75, 3.05) is 10.6 Å². The van der Waals surface area contributed by atoms with E-state index in [9.17, 15) is 18.8 Å². The molecule has 0 aliphatic carbocycles. The van der Waals surface area contributed by atoms with Crippen molar-refractivity contribution in [3.05, 3.63) is 76.8 Å². The average molecular weight is 422 g/mol. The number of benzene rings is 2. The molecule has 2 N–H and O–H groups in total. The molecule has 7 nitrogen and oxygen atoms in total. The number of amides is 2. The van der Waals surface area contributed by atoms with Crippen molar-refractivity contribution in [1.29, 1.82) is 0 Å². The summed E-state index contributed by atoms with van der Waals surface area (Å²) in [6.07, 6.45) is 0. The Kier molecular flexibility index (Phi) is 6.59. The number of anilines is 2. The Hall–Kier alpha value is -3.81. The van der Waals surface area contributed by atoms with Gasteiger partial charge < -0.3 is 10.6 Å². The second kappa shape index (κ2) is 9.34. The third-order valence-corrected chi connectivity index (χ3v) is 4.64. The lowest BCUT2D eigenvalue weighted by molar-refractivity contribution is -0.119. The predicted molar refractivity (Wildman–Crippen MR) is 117 cm³/mol. The van der Waals surface area contributed by atoms with Gasteiger partial charge in [-0.15, -0.1) is 0 Å². The van der Waals surface area contributed by atoms with E-state index in [2.05, 4.69) is 15.7 Å². The summed E-state index contributed by atoms with van der Waals surface area (Å²) in [5, 5.41) is 9.63. The maximum atomic E-state index is 13.1. The van der Waals surface area contributed by atoms with Crippen LogP contribution in [0.1, 0.15) is 26.8 Å². The quantitative estimate of drug-likeness (QED) is 0.631. The highest BCUT2D eigenvalue weighted by atomic mass is 19.1. The van der Waals surface area contributed by atoms with Crippen LogP contribution in [0.3, 0.4) is 0 Å². The van der Waals surface area contributed by atoms with Crippen molar-refractivity contribution in [2.45, 2.75) is 26.8 Å². The summed E-state index contributed by atoms with van der Waals surface area (Å²) in [5.74, 6) is -1.59. The van der Waals surface area contributed by atoms with Gasteiger partial charge in [0.15, 0.2) is 0 Å². The summed E-state index contributed by atoms with van der Waals surface area (Å²) in [6.45, 7) is 4.95. The predicted octanol–water partition coefficient (Wildman–Crippen LogP) is 3.84. The molecule has 0 aliphatic heterocycles. The zero-order valence-corrected chi connectivity index (χ0v) is 17.4. The second-order valence-electron chi connectivity index (χ2n) is 7.38. The summed E-state index contributed by atoms with van der Waals surface area (Å²) >= 11 is 0. The molecule has 1 aromatic heterocycles. The largest absolute Gasteiger partial charge is 0.324 e. The first-order chi connectivity index (χ1) is 14.8. The Morgan fingerprint density at radius 1 is 0.935 bits per heavy atom. The van der Waals surface area contributed by atoms with Crippen LogP contribution in [0, 0.1) is 11.7 Å². The average Bonchev–Trinajstić information content (AvgIpc) is 2.76. The van der Waals surface area contributed by atoms with Gasteiger partial charge in [0.1, 0.15) is 17.5 Å². The molecule has 8 heteroatoms. The number of aromatic nitrogens is 2. The van der Waals surface area contributed by atoms with Crippen LogP contribution < -0.4 is 16.2 Å². The van der Waals surface area contributed by atoms with Crippen molar-refractivity contribution in [1.82, 2.24) is 9.78 Å². The molecule has 160 valence electrons. The van der Waals surface area contributed by atoms with E-state index in [0.29, 0.717) is 11.4 Å². The highest BCUT2D eigenvalue weighted by molar-refractivity contribution is 5.94. The Labute approximate surface area is 178 Å². The molecule has 0 fully saturated rings. The Balaban J connectivity index is 2.00. The van der Waals surface area contributed by atoms with Gasteiger partial charge in [0.25, 0.3) is 5.56 Å². The maximum absolute atomic E-state index is 13.1. The van der Waals surface area contributed by atoms with Crippen LogP contribution >= 0.6 is 0 Å². The lowest BCUT2D eigenvalue weighted by atomic mass is 10.1. The van der Waals surface area contributed by atoms with Crippen LogP contribution in [0.25, 0.3) is 11.3 Å². The van der Waals surface area contributed by atoms with Crippen molar-refractivity contribution >= 4 is 23.2 Å². The summed E-state index contributed by atoms with van der Waals surface area (Å²) in [7, 11) is 0. The number of hydrogen-bond donors (Lipinski definition) is 2. The van der Waals surface area contributed by atoms with Gasteiger partial charge in [0, 0.05) is 17.2 Å². The molecule has 0 radical (unpaired) electrons. The third-order valence-electron chi connectivity index (χ3n) is 4.64. The van der Waals surface area contributed by atoms with E-state index in [1.807, 2.05) is 30.3 Å². The minimum absolute atomic E-state index is 0.0361. The minimum Gasteiger partial charge on any atom is -0.324 e. The summed E-state index contributed by atoms with van der Waals surface area (Å²) in [5.41, 5.74) is 0.978. The molecule has 0 spiro atoms. The fourth-order valence-electron chi connectivity index (χ4n) is 2.78. The summed E-state index contributed by atoms with van der Waals surface area (Å²) < 4.78 is 14.1. The van der Waals surface area contributed by atoms with E-state index in [0.717, 1.165) is 10.2 Å².